The van der Waals surface area contributed by atoms with Gasteiger partial charge in [-0.2, -0.15) is 0 Å². The highest BCUT2D eigenvalue weighted by molar-refractivity contribution is 7.10. The highest BCUT2D eigenvalue weighted by Gasteiger charge is 2.57. The molecule has 3 N–H and O–H groups in total. The molecule has 1 saturated heterocycles. The fourth-order valence-electron chi connectivity index (χ4n) is 3.35. The molecule has 1 aromatic heterocycles. The Balaban J connectivity index is 1.63. The predicted octanol–water partition coefficient (Wildman–Crippen LogP) is 1.77. The quantitative estimate of drug-likeness (QED) is 0.774. The van der Waals surface area contributed by atoms with Gasteiger partial charge in [0.2, 0.25) is 5.91 Å². The standard InChI is InChI=1S/C15H20N2O3S/c18-13(19)8-11(12-2-1-7-21-12)17-14(20)10-9-15(10)3-5-16-6-4-15/h1-2,7,10-11,16H,3-6,8-9H2,(H,17,20)(H,18,19). The molecule has 0 aromatic carbocycles. The van der Waals surface area contributed by atoms with Gasteiger partial charge in [0.05, 0.1) is 12.5 Å². The number of rotatable bonds is 5. The lowest BCUT2D eigenvalue weighted by atomic mass is 9.91. The SMILES string of the molecule is O=C(O)CC(NC(=O)C1CC12CCNCC2)c1cccs1. The molecule has 3 rings (SSSR count). The van der Waals surface area contributed by atoms with Crippen LogP contribution in [0.15, 0.2) is 17.5 Å². The molecule has 2 atom stereocenters. The molecule has 1 aromatic rings. The van der Waals surface area contributed by atoms with E-state index in [0.29, 0.717) is 0 Å². The van der Waals surface area contributed by atoms with E-state index in [2.05, 4.69) is 10.6 Å². The molecule has 1 amide bonds. The summed E-state index contributed by atoms with van der Waals surface area (Å²) in [6.45, 7) is 1.96. The topological polar surface area (TPSA) is 78.4 Å². The van der Waals surface area contributed by atoms with Crippen LogP contribution in [0.1, 0.15) is 36.6 Å². The van der Waals surface area contributed by atoms with E-state index in [4.69, 9.17) is 5.11 Å². The van der Waals surface area contributed by atoms with Crippen molar-refractivity contribution in [1.82, 2.24) is 10.6 Å². The van der Waals surface area contributed by atoms with E-state index in [-0.39, 0.29) is 23.7 Å². The van der Waals surface area contributed by atoms with Crippen molar-refractivity contribution in [1.29, 1.82) is 0 Å². The lowest BCUT2D eigenvalue weighted by Gasteiger charge is -2.24. The highest BCUT2D eigenvalue weighted by Crippen LogP contribution is 2.58. The van der Waals surface area contributed by atoms with Crippen LogP contribution < -0.4 is 10.6 Å². The number of carbonyl (C=O) groups excluding carboxylic acids is 1. The Morgan fingerprint density at radius 1 is 1.48 bits per heavy atom. The van der Waals surface area contributed by atoms with Crippen molar-refractivity contribution in [3.05, 3.63) is 22.4 Å². The number of aliphatic carboxylic acids is 1. The first-order valence-electron chi connectivity index (χ1n) is 7.37. The Labute approximate surface area is 127 Å². The van der Waals surface area contributed by atoms with E-state index in [0.717, 1.165) is 37.2 Å². The number of thiophene rings is 1. The van der Waals surface area contributed by atoms with E-state index in [1.54, 1.807) is 0 Å². The van der Waals surface area contributed by atoms with Crippen LogP contribution >= 0.6 is 11.3 Å². The maximum Gasteiger partial charge on any atom is 0.305 e. The van der Waals surface area contributed by atoms with Gasteiger partial charge in [0.1, 0.15) is 0 Å². The van der Waals surface area contributed by atoms with Gasteiger partial charge in [0.25, 0.3) is 0 Å². The summed E-state index contributed by atoms with van der Waals surface area (Å²) in [7, 11) is 0. The summed E-state index contributed by atoms with van der Waals surface area (Å²) < 4.78 is 0. The van der Waals surface area contributed by atoms with Gasteiger partial charge >= 0.3 is 5.97 Å². The molecule has 2 heterocycles. The van der Waals surface area contributed by atoms with Gasteiger partial charge in [-0.1, -0.05) is 6.07 Å². The van der Waals surface area contributed by atoms with Crippen molar-refractivity contribution < 1.29 is 14.7 Å². The van der Waals surface area contributed by atoms with Gasteiger partial charge in [-0.15, -0.1) is 11.3 Å². The molecule has 1 aliphatic carbocycles. The molecule has 21 heavy (non-hydrogen) atoms. The Hall–Kier alpha value is -1.40. The van der Waals surface area contributed by atoms with Gasteiger partial charge in [0, 0.05) is 10.8 Å². The third-order valence-electron chi connectivity index (χ3n) is 4.69. The van der Waals surface area contributed by atoms with Crippen LogP contribution in [0.3, 0.4) is 0 Å². The first-order valence-corrected chi connectivity index (χ1v) is 8.25. The zero-order chi connectivity index (χ0) is 14.9. The lowest BCUT2D eigenvalue weighted by Crippen LogP contribution is -2.35. The molecule has 2 aliphatic rings. The van der Waals surface area contributed by atoms with Gasteiger partial charge in [-0.25, -0.2) is 0 Å². The minimum atomic E-state index is -0.888. The minimum absolute atomic E-state index is 0.0246. The molecule has 2 fully saturated rings. The first kappa shape index (κ1) is 14.5. The lowest BCUT2D eigenvalue weighted by molar-refractivity contribution is -0.137. The monoisotopic (exact) mass is 308 g/mol. The molecule has 2 unspecified atom stereocenters. The van der Waals surface area contributed by atoms with Crippen molar-refractivity contribution in [2.24, 2.45) is 11.3 Å². The second-order valence-electron chi connectivity index (χ2n) is 6.04. The second-order valence-corrected chi connectivity index (χ2v) is 7.02. The summed E-state index contributed by atoms with van der Waals surface area (Å²) in [5, 5.41) is 17.2. The molecule has 5 nitrogen and oxygen atoms in total. The molecule has 6 heteroatoms. The Morgan fingerprint density at radius 3 is 2.86 bits per heavy atom. The zero-order valence-electron chi connectivity index (χ0n) is 11.8. The number of amides is 1. The number of hydrogen-bond acceptors (Lipinski definition) is 4. The average molecular weight is 308 g/mol. The van der Waals surface area contributed by atoms with Gasteiger partial charge in [-0.3, -0.25) is 9.59 Å². The van der Waals surface area contributed by atoms with Gasteiger partial charge in [-0.05, 0) is 49.2 Å². The molecule has 1 spiro atoms. The van der Waals surface area contributed by atoms with Crippen molar-refractivity contribution in [3.63, 3.8) is 0 Å². The van der Waals surface area contributed by atoms with Gasteiger partial charge in [0.15, 0.2) is 0 Å². The van der Waals surface area contributed by atoms with Crippen LogP contribution in [-0.2, 0) is 9.59 Å². The molecule has 0 bridgehead atoms. The van der Waals surface area contributed by atoms with E-state index in [1.165, 1.54) is 11.3 Å². The normalized spacial score (nSPS) is 24.5. The summed E-state index contributed by atoms with van der Waals surface area (Å²) in [6, 6.07) is 3.35. The van der Waals surface area contributed by atoms with Crippen molar-refractivity contribution in [2.75, 3.05) is 13.1 Å². The third-order valence-corrected chi connectivity index (χ3v) is 5.67. The Kier molecular flexibility index (Phi) is 3.99. The van der Waals surface area contributed by atoms with Crippen molar-refractivity contribution in [3.8, 4) is 0 Å². The number of piperidine rings is 1. The number of carbonyl (C=O) groups is 2. The molecule has 1 aliphatic heterocycles. The second kappa shape index (κ2) is 5.77. The molecular weight excluding hydrogens is 288 g/mol. The van der Waals surface area contributed by atoms with Crippen LogP contribution in [0.2, 0.25) is 0 Å². The summed E-state index contributed by atoms with van der Waals surface area (Å²) in [4.78, 5) is 24.4. The predicted molar refractivity (Wildman–Crippen MR) is 80.1 cm³/mol. The molecule has 0 radical (unpaired) electrons. The molecule has 114 valence electrons. The molecule has 1 saturated carbocycles. The fourth-order valence-corrected chi connectivity index (χ4v) is 4.13. The molecular formula is C15H20N2O3S. The van der Waals surface area contributed by atoms with Crippen molar-refractivity contribution >= 4 is 23.2 Å². The fraction of sp³-hybridized carbons (Fsp3) is 0.600. The zero-order valence-corrected chi connectivity index (χ0v) is 12.6. The number of carboxylic acid groups (broad SMARTS) is 1. The summed E-state index contributed by atoms with van der Waals surface area (Å²) in [5.41, 5.74) is 0.179. The van der Waals surface area contributed by atoms with Gasteiger partial charge < -0.3 is 15.7 Å². The van der Waals surface area contributed by atoms with E-state index < -0.39 is 12.0 Å². The maximum atomic E-state index is 12.4. The van der Waals surface area contributed by atoms with E-state index >= 15 is 0 Å². The summed E-state index contributed by atoms with van der Waals surface area (Å²) in [6.07, 6.45) is 2.99. The summed E-state index contributed by atoms with van der Waals surface area (Å²) >= 11 is 1.49. The number of carboxylic acids is 1. The van der Waals surface area contributed by atoms with Crippen LogP contribution in [0.25, 0.3) is 0 Å². The largest absolute Gasteiger partial charge is 0.481 e. The van der Waals surface area contributed by atoms with Crippen LogP contribution in [-0.4, -0.2) is 30.1 Å². The average Bonchev–Trinajstić information content (AvgIpc) is 2.90. The first-order chi connectivity index (χ1) is 10.1. The maximum absolute atomic E-state index is 12.4. The third kappa shape index (κ3) is 3.11. The summed E-state index contributed by atoms with van der Waals surface area (Å²) in [5.74, 6) is -0.798. The smallest absolute Gasteiger partial charge is 0.305 e. The Morgan fingerprint density at radius 2 is 2.24 bits per heavy atom. The van der Waals surface area contributed by atoms with Crippen LogP contribution in [0.4, 0.5) is 0 Å². The number of hydrogen-bond donors (Lipinski definition) is 3. The highest BCUT2D eigenvalue weighted by atomic mass is 32.1. The number of nitrogens with one attached hydrogen (secondary N) is 2. The van der Waals surface area contributed by atoms with Crippen LogP contribution in [0.5, 0.6) is 0 Å². The van der Waals surface area contributed by atoms with E-state index in [1.807, 2.05) is 17.5 Å². The Bertz CT molecular complexity index is 523. The van der Waals surface area contributed by atoms with Crippen molar-refractivity contribution in [2.45, 2.75) is 31.7 Å². The minimum Gasteiger partial charge on any atom is -0.481 e. The van der Waals surface area contributed by atoms with Crippen LogP contribution in [0, 0.1) is 11.3 Å². The van der Waals surface area contributed by atoms with E-state index in [9.17, 15) is 9.59 Å².